The summed E-state index contributed by atoms with van der Waals surface area (Å²) in [6.07, 6.45) is 0.621. The van der Waals surface area contributed by atoms with Crippen LogP contribution in [-0.2, 0) is 9.53 Å². The maximum absolute atomic E-state index is 12.1. The molecule has 1 N–H and O–H groups in total. The topological polar surface area (TPSA) is 71.1 Å². The first-order chi connectivity index (χ1) is 13.2. The van der Waals surface area contributed by atoms with Crippen LogP contribution in [0, 0.1) is 6.92 Å². The molecule has 0 aromatic heterocycles. The Morgan fingerprint density at radius 2 is 1.86 bits per heavy atom. The Morgan fingerprint density at radius 1 is 1.14 bits per heavy atom. The molecule has 7 heteroatoms. The van der Waals surface area contributed by atoms with Crippen molar-refractivity contribution in [3.8, 4) is 5.75 Å². The Labute approximate surface area is 168 Å². The summed E-state index contributed by atoms with van der Waals surface area (Å²) in [5, 5.41) is 2.88. The summed E-state index contributed by atoms with van der Waals surface area (Å²) >= 11 is 0. The van der Waals surface area contributed by atoms with Gasteiger partial charge >= 0.3 is 6.09 Å². The third-order valence-electron chi connectivity index (χ3n) is 4.36. The smallest absolute Gasteiger partial charge is 0.410 e. The molecular weight excluding hydrogens is 358 g/mol. The van der Waals surface area contributed by atoms with Crippen LogP contribution in [0.1, 0.15) is 32.8 Å². The molecule has 1 fully saturated rings. The second kappa shape index (κ2) is 10.3. The number of rotatable bonds is 7. The number of hydrogen-bond donors (Lipinski definition) is 1. The van der Waals surface area contributed by atoms with Crippen molar-refractivity contribution in [1.82, 2.24) is 15.1 Å². The van der Waals surface area contributed by atoms with Gasteiger partial charge in [0.25, 0.3) is 5.91 Å². The van der Waals surface area contributed by atoms with E-state index in [2.05, 4.69) is 10.2 Å². The highest BCUT2D eigenvalue weighted by Gasteiger charge is 2.25. The Hall–Kier alpha value is -2.28. The molecule has 156 valence electrons. The first-order valence-electron chi connectivity index (χ1n) is 9.89. The zero-order valence-corrected chi connectivity index (χ0v) is 17.5. The standard InChI is InChI=1S/C21H33N3O4/c1-17-7-5-8-18(15-17)27-16-19(25)22-9-6-10-23-11-13-24(14-12-23)20(26)28-21(2,3)4/h5,7-8,15H,6,9-14,16H2,1-4H3,(H,22,25). The lowest BCUT2D eigenvalue weighted by molar-refractivity contribution is -0.123. The van der Waals surface area contributed by atoms with Gasteiger partial charge in [-0.15, -0.1) is 0 Å². The molecule has 28 heavy (non-hydrogen) atoms. The van der Waals surface area contributed by atoms with Gasteiger partial charge < -0.3 is 19.7 Å². The van der Waals surface area contributed by atoms with Gasteiger partial charge in [0.1, 0.15) is 11.4 Å². The van der Waals surface area contributed by atoms with E-state index in [0.717, 1.165) is 31.6 Å². The lowest BCUT2D eigenvalue weighted by atomic mass is 10.2. The normalized spacial score (nSPS) is 15.2. The third-order valence-corrected chi connectivity index (χ3v) is 4.36. The molecule has 0 aliphatic carbocycles. The van der Waals surface area contributed by atoms with Crippen LogP contribution in [0.4, 0.5) is 4.79 Å². The molecule has 0 atom stereocenters. The zero-order chi connectivity index (χ0) is 20.6. The number of carbonyl (C=O) groups is 2. The van der Waals surface area contributed by atoms with Gasteiger partial charge in [-0.3, -0.25) is 9.69 Å². The summed E-state index contributed by atoms with van der Waals surface area (Å²) < 4.78 is 10.9. The van der Waals surface area contributed by atoms with E-state index in [1.54, 1.807) is 4.90 Å². The lowest BCUT2D eigenvalue weighted by Crippen LogP contribution is -2.50. The number of benzene rings is 1. The van der Waals surface area contributed by atoms with Crippen LogP contribution < -0.4 is 10.1 Å². The molecule has 2 amide bonds. The molecular formula is C21H33N3O4. The highest BCUT2D eigenvalue weighted by Crippen LogP contribution is 2.13. The van der Waals surface area contributed by atoms with Crippen molar-refractivity contribution < 1.29 is 19.1 Å². The van der Waals surface area contributed by atoms with Crippen molar-refractivity contribution in [3.05, 3.63) is 29.8 Å². The Balaban J connectivity index is 1.55. The fourth-order valence-corrected chi connectivity index (χ4v) is 2.92. The van der Waals surface area contributed by atoms with E-state index >= 15 is 0 Å². The van der Waals surface area contributed by atoms with Crippen LogP contribution in [-0.4, -0.2) is 73.3 Å². The van der Waals surface area contributed by atoms with Crippen molar-refractivity contribution in [1.29, 1.82) is 0 Å². The van der Waals surface area contributed by atoms with Crippen molar-refractivity contribution in [3.63, 3.8) is 0 Å². The molecule has 1 aliphatic heterocycles. The minimum atomic E-state index is -0.463. The van der Waals surface area contributed by atoms with Crippen molar-refractivity contribution in [2.45, 2.75) is 39.7 Å². The molecule has 1 aliphatic rings. The van der Waals surface area contributed by atoms with Gasteiger partial charge in [0.15, 0.2) is 6.61 Å². The van der Waals surface area contributed by atoms with Crippen LogP contribution >= 0.6 is 0 Å². The molecule has 0 saturated carbocycles. The van der Waals surface area contributed by atoms with Gasteiger partial charge in [-0.25, -0.2) is 4.79 Å². The second-order valence-electron chi connectivity index (χ2n) is 8.12. The van der Waals surface area contributed by atoms with Gasteiger partial charge in [-0.05, 0) is 58.4 Å². The second-order valence-corrected chi connectivity index (χ2v) is 8.12. The number of carbonyl (C=O) groups excluding carboxylic acids is 2. The number of nitrogens with one attached hydrogen (secondary N) is 1. The monoisotopic (exact) mass is 391 g/mol. The highest BCUT2D eigenvalue weighted by atomic mass is 16.6. The van der Waals surface area contributed by atoms with Gasteiger partial charge in [-0.1, -0.05) is 12.1 Å². The summed E-state index contributed by atoms with van der Waals surface area (Å²) in [4.78, 5) is 28.0. The van der Waals surface area contributed by atoms with E-state index in [9.17, 15) is 9.59 Å². The van der Waals surface area contributed by atoms with Crippen LogP contribution in [0.25, 0.3) is 0 Å². The minimum absolute atomic E-state index is 0.0258. The molecule has 1 heterocycles. The Morgan fingerprint density at radius 3 is 2.50 bits per heavy atom. The van der Waals surface area contributed by atoms with Gasteiger partial charge in [0, 0.05) is 32.7 Å². The van der Waals surface area contributed by atoms with Crippen LogP contribution in [0.3, 0.4) is 0 Å². The summed E-state index contributed by atoms with van der Waals surface area (Å²) in [7, 11) is 0. The van der Waals surface area contributed by atoms with Crippen molar-refractivity contribution in [2.75, 3.05) is 45.9 Å². The van der Waals surface area contributed by atoms with E-state index in [1.165, 1.54) is 0 Å². The largest absolute Gasteiger partial charge is 0.484 e. The Kier molecular flexibility index (Phi) is 8.11. The van der Waals surface area contributed by atoms with E-state index in [0.29, 0.717) is 25.4 Å². The average Bonchev–Trinajstić information content (AvgIpc) is 2.63. The SMILES string of the molecule is Cc1cccc(OCC(=O)NCCCN2CCN(C(=O)OC(C)(C)C)CC2)c1. The molecule has 1 aromatic rings. The molecule has 0 unspecified atom stereocenters. The van der Waals surface area contributed by atoms with Crippen molar-refractivity contribution in [2.24, 2.45) is 0 Å². The molecule has 2 rings (SSSR count). The van der Waals surface area contributed by atoms with E-state index in [4.69, 9.17) is 9.47 Å². The summed E-state index contributed by atoms with van der Waals surface area (Å²) in [5.74, 6) is 0.592. The summed E-state index contributed by atoms with van der Waals surface area (Å²) in [6.45, 7) is 12.1. The maximum Gasteiger partial charge on any atom is 0.410 e. The maximum atomic E-state index is 12.1. The van der Waals surface area contributed by atoms with Gasteiger partial charge in [0.2, 0.25) is 0 Å². The number of amides is 2. The molecule has 0 bridgehead atoms. The summed E-state index contributed by atoms with van der Waals surface area (Å²) in [6, 6.07) is 7.65. The fraction of sp³-hybridized carbons (Fsp3) is 0.619. The van der Waals surface area contributed by atoms with Crippen LogP contribution in [0.2, 0.25) is 0 Å². The third kappa shape index (κ3) is 8.17. The number of hydrogen-bond acceptors (Lipinski definition) is 5. The summed E-state index contributed by atoms with van der Waals surface area (Å²) in [5.41, 5.74) is 0.639. The average molecular weight is 392 g/mol. The molecule has 1 saturated heterocycles. The minimum Gasteiger partial charge on any atom is -0.484 e. The van der Waals surface area contributed by atoms with Gasteiger partial charge in [0.05, 0.1) is 0 Å². The number of aryl methyl sites for hydroxylation is 1. The molecule has 0 spiro atoms. The lowest BCUT2D eigenvalue weighted by Gasteiger charge is -2.35. The first kappa shape index (κ1) is 22.0. The molecule has 7 nitrogen and oxygen atoms in total. The van der Waals surface area contributed by atoms with Crippen LogP contribution in [0.5, 0.6) is 5.75 Å². The number of nitrogens with zero attached hydrogens (tertiary/aromatic N) is 2. The van der Waals surface area contributed by atoms with E-state index in [-0.39, 0.29) is 18.6 Å². The fourth-order valence-electron chi connectivity index (χ4n) is 2.92. The zero-order valence-electron chi connectivity index (χ0n) is 17.5. The quantitative estimate of drug-likeness (QED) is 0.723. The number of piperazine rings is 1. The van der Waals surface area contributed by atoms with Crippen LogP contribution in [0.15, 0.2) is 24.3 Å². The predicted octanol–water partition coefficient (Wildman–Crippen LogP) is 2.43. The Bertz CT molecular complexity index is 649. The van der Waals surface area contributed by atoms with Gasteiger partial charge in [-0.2, -0.15) is 0 Å². The highest BCUT2D eigenvalue weighted by molar-refractivity contribution is 5.77. The van der Waals surface area contributed by atoms with Crippen molar-refractivity contribution >= 4 is 12.0 Å². The number of ether oxygens (including phenoxy) is 2. The molecule has 1 aromatic carbocycles. The predicted molar refractivity (Wildman–Crippen MR) is 109 cm³/mol. The van der Waals surface area contributed by atoms with E-state index < -0.39 is 5.60 Å². The first-order valence-corrected chi connectivity index (χ1v) is 9.89. The van der Waals surface area contributed by atoms with E-state index in [1.807, 2.05) is 52.0 Å². The molecule has 0 radical (unpaired) electrons.